The maximum Gasteiger partial charge on any atom is 0.0659 e. The van der Waals surface area contributed by atoms with Crippen LogP contribution < -0.4 is 0 Å². The molecule has 2 N–H and O–H groups in total. The molecule has 4 aromatic rings. The number of fused-ring (bicyclic) bond motifs is 8. The number of hydrogen-bond acceptors (Lipinski definition) is 3. The predicted octanol–water partition coefficient (Wildman–Crippen LogP) is 6.25. The molecule has 2 aliphatic heterocycles. The minimum Gasteiger partial charge on any atom is -0.780 e. The molecule has 5 heterocycles. The van der Waals surface area contributed by atoms with Gasteiger partial charge in [-0.3, -0.25) is 0 Å². The van der Waals surface area contributed by atoms with Gasteiger partial charge in [0, 0.05) is 38.8 Å². The molecule has 0 atom stereocenters. The first kappa shape index (κ1) is 21.8. The molecule has 2 aliphatic rings. The number of aromatic amines is 2. The van der Waals surface area contributed by atoms with Crippen molar-refractivity contribution in [3.05, 3.63) is 102 Å². The zero-order chi connectivity index (χ0) is 21.0. The van der Waals surface area contributed by atoms with Gasteiger partial charge < -0.3 is 22.6 Å². The van der Waals surface area contributed by atoms with Crippen LogP contribution in [0.5, 0.6) is 0 Å². The second kappa shape index (κ2) is 9.78. The van der Waals surface area contributed by atoms with Crippen molar-refractivity contribution in [1.82, 2.24) is 19.9 Å². The van der Waals surface area contributed by atoms with Crippen LogP contribution in [0.4, 0.5) is 0 Å². The van der Waals surface area contributed by atoms with E-state index in [4.69, 9.17) is 12.6 Å². The second-order valence-corrected chi connectivity index (χ2v) is 7.69. The van der Waals surface area contributed by atoms with Crippen molar-refractivity contribution in [2.45, 2.75) is 4.90 Å². The Kier molecular flexibility index (Phi) is 6.65. The maximum atomic E-state index is 4.81. The normalized spacial score (nSPS) is 11.4. The molecule has 0 saturated heterocycles. The molecule has 6 heteroatoms. The van der Waals surface area contributed by atoms with Crippen LogP contribution in [0, 0.1) is 0 Å². The van der Waals surface area contributed by atoms with Crippen LogP contribution in [-0.2, 0) is 29.4 Å². The quantitative estimate of drug-likeness (QED) is 0.254. The summed E-state index contributed by atoms with van der Waals surface area (Å²) in [7, 11) is 0. The van der Waals surface area contributed by atoms with E-state index in [9.17, 15) is 0 Å². The molecule has 0 amide bonds. The van der Waals surface area contributed by atoms with E-state index in [0.717, 1.165) is 49.7 Å². The summed E-state index contributed by atoms with van der Waals surface area (Å²) in [6.45, 7) is 0. The third-order valence-electron chi connectivity index (χ3n) is 4.79. The number of benzene rings is 1. The van der Waals surface area contributed by atoms with Crippen molar-refractivity contribution in [3.8, 4) is 0 Å². The fourth-order valence-electron chi connectivity index (χ4n) is 3.36. The van der Waals surface area contributed by atoms with Crippen LogP contribution in [0.3, 0.4) is 0 Å². The van der Waals surface area contributed by atoms with Crippen LogP contribution in [0.25, 0.3) is 46.4 Å². The molecule has 6 rings (SSSR count). The largest absolute Gasteiger partial charge is 0.780 e. The molecular weight excluding hydrogens is 459 g/mol. The van der Waals surface area contributed by atoms with Crippen LogP contribution in [0.2, 0.25) is 0 Å². The number of hydrogen-bond donors (Lipinski definition) is 2. The van der Waals surface area contributed by atoms with Crippen molar-refractivity contribution < 1.29 is 16.8 Å². The number of aromatic nitrogens is 4. The predicted molar refractivity (Wildman–Crippen MR) is 131 cm³/mol. The van der Waals surface area contributed by atoms with E-state index >= 15 is 0 Å². The number of nitrogens with zero attached hydrogens (tertiary/aromatic N) is 2. The third-order valence-corrected chi connectivity index (χ3v) is 5.06. The first-order valence-corrected chi connectivity index (χ1v) is 10.4. The maximum absolute atomic E-state index is 4.81. The Morgan fingerprint density at radius 1 is 0.500 bits per heavy atom. The standard InChI is InChI=1S/C20H14N4.C6H6S.Co/c1-2-14-10-16-5-6-18(23-16)12-20-8-7-19(24-20)11-17-4-3-15(22-17)9-13(1)21-14;7-6-4-2-1-3-5-6;/h1-12,21-22H;1-5,7H;/p-1. The molecule has 0 spiro atoms. The van der Waals surface area contributed by atoms with Gasteiger partial charge in [-0.05, 0) is 72.8 Å². The third kappa shape index (κ3) is 5.42. The average Bonchev–Trinajstić information content (AvgIpc) is 3.55. The fraction of sp³-hybridized carbons (Fsp3) is 0. The van der Waals surface area contributed by atoms with E-state index in [1.54, 1.807) is 0 Å². The van der Waals surface area contributed by atoms with Crippen molar-refractivity contribution in [1.29, 1.82) is 0 Å². The zero-order valence-electron chi connectivity index (χ0n) is 17.0. The molecule has 0 fully saturated rings. The molecular formula is C26H19CoN4S-. The monoisotopic (exact) mass is 478 g/mol. The zero-order valence-corrected chi connectivity index (χ0v) is 18.8. The summed E-state index contributed by atoms with van der Waals surface area (Å²) in [5, 5.41) is 0. The fourth-order valence-corrected chi connectivity index (χ4v) is 3.52. The van der Waals surface area contributed by atoms with Crippen LogP contribution in [0.1, 0.15) is 22.8 Å². The van der Waals surface area contributed by atoms with E-state index < -0.39 is 0 Å². The van der Waals surface area contributed by atoms with Crippen molar-refractivity contribution in [3.63, 3.8) is 0 Å². The second-order valence-electron chi connectivity index (χ2n) is 7.22. The van der Waals surface area contributed by atoms with E-state index in [-0.39, 0.29) is 16.8 Å². The van der Waals surface area contributed by atoms with Crippen molar-refractivity contribution >= 4 is 59.0 Å². The molecule has 3 aromatic heterocycles. The summed E-state index contributed by atoms with van der Waals surface area (Å²) < 4.78 is 0. The molecule has 0 unspecified atom stereocenters. The summed E-state index contributed by atoms with van der Waals surface area (Å²) in [6, 6.07) is 26.0. The summed E-state index contributed by atoms with van der Waals surface area (Å²) in [5.74, 6) is 0. The number of H-pyrrole nitrogens is 2. The topological polar surface area (TPSA) is 57.4 Å². The summed E-state index contributed by atoms with van der Waals surface area (Å²) >= 11 is 4.81. The molecule has 8 bridgehead atoms. The van der Waals surface area contributed by atoms with E-state index in [1.165, 1.54) is 0 Å². The Labute approximate surface area is 201 Å². The molecule has 4 nitrogen and oxygen atoms in total. The van der Waals surface area contributed by atoms with E-state index in [2.05, 4.69) is 50.3 Å². The van der Waals surface area contributed by atoms with Crippen LogP contribution in [-0.4, -0.2) is 19.9 Å². The van der Waals surface area contributed by atoms with Gasteiger partial charge in [0.05, 0.1) is 22.8 Å². The van der Waals surface area contributed by atoms with Crippen molar-refractivity contribution in [2.24, 2.45) is 0 Å². The Balaban J connectivity index is 0.000000265. The van der Waals surface area contributed by atoms with Gasteiger partial charge in [-0.25, -0.2) is 9.97 Å². The molecule has 0 aliphatic carbocycles. The molecule has 1 aromatic carbocycles. The number of rotatable bonds is 0. The molecule has 159 valence electrons. The van der Waals surface area contributed by atoms with Crippen LogP contribution in [0.15, 0.2) is 83.8 Å². The van der Waals surface area contributed by atoms with Gasteiger partial charge in [-0.1, -0.05) is 30.3 Å². The van der Waals surface area contributed by atoms with Gasteiger partial charge >= 0.3 is 0 Å². The first-order valence-electron chi connectivity index (χ1n) is 9.96. The Hall–Kier alpha value is -3.45. The smallest absolute Gasteiger partial charge is 0.0659 e. The number of nitrogens with one attached hydrogen (secondary N) is 2. The van der Waals surface area contributed by atoms with E-state index in [0.29, 0.717) is 0 Å². The average molecular weight is 478 g/mol. The Morgan fingerprint density at radius 3 is 1.31 bits per heavy atom. The SMILES string of the molecule is C1=Cc2cc3ccc(cc4ccc(cc5nc(cc1n2)C=C5)[nH]4)[nH]3.[Co].[S-]c1ccccc1. The molecule has 1 radical (unpaired) electrons. The Morgan fingerprint density at radius 2 is 0.906 bits per heavy atom. The minimum absolute atomic E-state index is 0. The van der Waals surface area contributed by atoms with Gasteiger partial charge in [0.1, 0.15) is 0 Å². The van der Waals surface area contributed by atoms with E-state index in [1.807, 2.05) is 72.8 Å². The van der Waals surface area contributed by atoms with Gasteiger partial charge in [0.2, 0.25) is 0 Å². The van der Waals surface area contributed by atoms with Crippen molar-refractivity contribution in [2.75, 3.05) is 0 Å². The van der Waals surface area contributed by atoms with Gasteiger partial charge in [-0.15, -0.1) is 0 Å². The summed E-state index contributed by atoms with van der Waals surface area (Å²) in [5.41, 5.74) is 7.86. The summed E-state index contributed by atoms with van der Waals surface area (Å²) in [4.78, 5) is 16.9. The first-order chi connectivity index (χ1) is 15.2. The minimum atomic E-state index is 0. The van der Waals surface area contributed by atoms with Gasteiger partial charge in [0.25, 0.3) is 0 Å². The molecule has 32 heavy (non-hydrogen) atoms. The summed E-state index contributed by atoms with van der Waals surface area (Å²) in [6.07, 6.45) is 8.05. The molecule has 0 saturated carbocycles. The van der Waals surface area contributed by atoms with Crippen LogP contribution >= 0.6 is 0 Å². The Bertz CT molecular complexity index is 1360. The van der Waals surface area contributed by atoms with Gasteiger partial charge in [0.15, 0.2) is 0 Å². The van der Waals surface area contributed by atoms with Gasteiger partial charge in [-0.2, -0.15) is 4.90 Å².